The third kappa shape index (κ3) is 1.14. The highest BCUT2D eigenvalue weighted by atomic mass is 19.1. The number of H-pyrrole nitrogens is 1. The van der Waals surface area contributed by atoms with Crippen LogP contribution in [0.2, 0.25) is 0 Å². The van der Waals surface area contributed by atoms with E-state index in [9.17, 15) is 9.18 Å². The molecule has 0 fully saturated rings. The van der Waals surface area contributed by atoms with E-state index in [1.165, 1.54) is 6.07 Å². The van der Waals surface area contributed by atoms with Gasteiger partial charge in [0.05, 0.1) is 11.2 Å². The molecule has 0 unspecified atom stereocenters. The van der Waals surface area contributed by atoms with E-state index >= 15 is 0 Å². The summed E-state index contributed by atoms with van der Waals surface area (Å²) in [5.74, 6) is -0.121. The molecule has 0 spiro atoms. The Morgan fingerprint density at radius 1 is 1.31 bits per heavy atom. The van der Waals surface area contributed by atoms with E-state index in [0.29, 0.717) is 17.5 Å². The number of carbonyl (C=O) groups excluding carboxylic acids is 1. The van der Waals surface area contributed by atoms with Crippen LogP contribution in [-0.4, -0.2) is 10.8 Å². The molecule has 0 atom stereocenters. The van der Waals surface area contributed by atoms with Crippen LogP contribution in [0.25, 0.3) is 10.9 Å². The summed E-state index contributed by atoms with van der Waals surface area (Å²) < 4.78 is 13.8. The van der Waals surface area contributed by atoms with Crippen LogP contribution < -0.4 is 0 Å². The smallest absolute Gasteiger partial charge is 0.179 e. The summed E-state index contributed by atoms with van der Waals surface area (Å²) in [4.78, 5) is 14.8. The van der Waals surface area contributed by atoms with Gasteiger partial charge in [-0.05, 0) is 37.0 Å². The van der Waals surface area contributed by atoms with Gasteiger partial charge in [-0.1, -0.05) is 6.07 Å². The van der Waals surface area contributed by atoms with Gasteiger partial charge >= 0.3 is 0 Å². The van der Waals surface area contributed by atoms with E-state index in [2.05, 4.69) is 4.98 Å². The number of ketones is 1. The summed E-state index contributed by atoms with van der Waals surface area (Å²) >= 11 is 0. The fraction of sp³-hybridized carbons (Fsp3) is 0.308. The van der Waals surface area contributed by atoms with E-state index in [0.717, 1.165) is 29.5 Å². The lowest BCUT2D eigenvalue weighted by Gasteiger charge is -2.09. The zero-order chi connectivity index (χ0) is 11.3. The van der Waals surface area contributed by atoms with Crippen molar-refractivity contribution in [1.82, 2.24) is 4.98 Å². The first kappa shape index (κ1) is 9.58. The number of aromatic nitrogens is 1. The number of nitrogens with one attached hydrogen (secondary N) is 1. The van der Waals surface area contributed by atoms with Gasteiger partial charge in [0.25, 0.3) is 0 Å². The van der Waals surface area contributed by atoms with Gasteiger partial charge in [0.1, 0.15) is 5.82 Å². The van der Waals surface area contributed by atoms with Gasteiger partial charge in [-0.2, -0.15) is 0 Å². The van der Waals surface area contributed by atoms with Crippen molar-refractivity contribution in [3.8, 4) is 0 Å². The van der Waals surface area contributed by atoms with Crippen LogP contribution in [0.3, 0.4) is 0 Å². The van der Waals surface area contributed by atoms with Crippen LogP contribution >= 0.6 is 0 Å². The molecule has 82 valence electrons. The number of aromatic amines is 1. The van der Waals surface area contributed by atoms with Gasteiger partial charge in [-0.3, -0.25) is 4.79 Å². The molecule has 3 rings (SSSR count). The topological polar surface area (TPSA) is 32.9 Å². The number of aryl methyl sites for hydroxylation is 2. The Kier molecular flexibility index (Phi) is 1.90. The number of benzene rings is 1. The first-order chi connectivity index (χ1) is 7.68. The minimum Gasteiger partial charge on any atom is -0.352 e. The monoisotopic (exact) mass is 217 g/mol. The maximum absolute atomic E-state index is 13.8. The van der Waals surface area contributed by atoms with Crippen LogP contribution in [0.1, 0.15) is 34.5 Å². The molecule has 0 radical (unpaired) electrons. The zero-order valence-electron chi connectivity index (χ0n) is 9.06. The van der Waals surface area contributed by atoms with Gasteiger partial charge in [0.15, 0.2) is 5.78 Å². The van der Waals surface area contributed by atoms with E-state index in [1.54, 1.807) is 6.07 Å². The van der Waals surface area contributed by atoms with Gasteiger partial charge in [-0.15, -0.1) is 0 Å². The molecule has 16 heavy (non-hydrogen) atoms. The molecule has 1 aromatic heterocycles. The van der Waals surface area contributed by atoms with Gasteiger partial charge in [-0.25, -0.2) is 4.39 Å². The normalized spacial score (nSPS) is 15.5. The lowest BCUT2D eigenvalue weighted by atomic mass is 9.94. The number of Topliss-reactive ketones (excluding diaryl/α,β-unsaturated/α-hetero) is 1. The van der Waals surface area contributed by atoms with Crippen molar-refractivity contribution in [1.29, 1.82) is 0 Å². The van der Waals surface area contributed by atoms with Gasteiger partial charge in [0.2, 0.25) is 0 Å². The average molecular weight is 217 g/mol. The number of fused-ring (bicyclic) bond motifs is 3. The number of rotatable bonds is 0. The molecule has 2 nitrogen and oxygen atoms in total. The molecule has 0 bridgehead atoms. The van der Waals surface area contributed by atoms with Crippen molar-refractivity contribution in [3.63, 3.8) is 0 Å². The van der Waals surface area contributed by atoms with E-state index in [-0.39, 0.29) is 11.6 Å². The fourth-order valence-corrected chi connectivity index (χ4v) is 2.50. The minimum absolute atomic E-state index is 0.108. The SMILES string of the molecule is Cc1ccc(F)c2c3c([nH]c12)C(=O)CCC3. The molecule has 3 heteroatoms. The Hall–Kier alpha value is -1.64. The largest absolute Gasteiger partial charge is 0.352 e. The van der Waals surface area contributed by atoms with Crippen LogP contribution in [-0.2, 0) is 6.42 Å². The fourth-order valence-electron chi connectivity index (χ4n) is 2.50. The van der Waals surface area contributed by atoms with Crippen molar-refractivity contribution < 1.29 is 9.18 Å². The van der Waals surface area contributed by atoms with Crippen LogP contribution in [0, 0.1) is 12.7 Å². The average Bonchev–Trinajstić information content (AvgIpc) is 2.66. The highest BCUT2D eigenvalue weighted by Crippen LogP contribution is 2.32. The number of hydrogen-bond acceptors (Lipinski definition) is 1. The third-order valence-electron chi connectivity index (χ3n) is 3.33. The Morgan fingerprint density at radius 3 is 2.94 bits per heavy atom. The molecule has 2 aromatic rings. The Labute approximate surface area is 92.5 Å². The molecule has 1 heterocycles. The number of halogens is 1. The van der Waals surface area contributed by atoms with Crippen molar-refractivity contribution in [2.24, 2.45) is 0 Å². The van der Waals surface area contributed by atoms with Gasteiger partial charge in [0, 0.05) is 11.8 Å². The summed E-state index contributed by atoms with van der Waals surface area (Å²) in [6.07, 6.45) is 2.19. The molecule has 0 saturated heterocycles. The highest BCUT2D eigenvalue weighted by molar-refractivity contribution is 6.04. The van der Waals surface area contributed by atoms with Crippen LogP contribution in [0.5, 0.6) is 0 Å². The summed E-state index contributed by atoms with van der Waals surface area (Å²) in [7, 11) is 0. The molecular formula is C13H12FNO. The quantitative estimate of drug-likeness (QED) is 0.722. The maximum atomic E-state index is 13.8. The molecule has 1 aliphatic carbocycles. The Bertz CT molecular complexity index is 597. The first-order valence-electron chi connectivity index (χ1n) is 5.51. The molecular weight excluding hydrogens is 205 g/mol. The lowest BCUT2D eigenvalue weighted by Crippen LogP contribution is -2.09. The van der Waals surface area contributed by atoms with Crippen molar-refractivity contribution in [3.05, 3.63) is 34.8 Å². The Morgan fingerprint density at radius 2 is 2.12 bits per heavy atom. The summed E-state index contributed by atoms with van der Waals surface area (Å²) in [6, 6.07) is 3.22. The maximum Gasteiger partial charge on any atom is 0.179 e. The highest BCUT2D eigenvalue weighted by Gasteiger charge is 2.24. The molecule has 1 aliphatic rings. The van der Waals surface area contributed by atoms with Crippen molar-refractivity contribution in [2.45, 2.75) is 26.2 Å². The van der Waals surface area contributed by atoms with E-state index in [4.69, 9.17) is 0 Å². The summed E-state index contributed by atoms with van der Waals surface area (Å²) in [6.45, 7) is 1.92. The second kappa shape index (κ2) is 3.17. The van der Waals surface area contributed by atoms with Crippen LogP contribution in [0.15, 0.2) is 12.1 Å². The standard InChI is InChI=1S/C13H12FNO/c1-7-5-6-9(14)11-8-3-2-4-10(16)13(8)15-12(7)11/h5-6,15H,2-4H2,1H3. The van der Waals surface area contributed by atoms with E-state index < -0.39 is 0 Å². The van der Waals surface area contributed by atoms with E-state index in [1.807, 2.05) is 6.92 Å². The van der Waals surface area contributed by atoms with Crippen molar-refractivity contribution >= 4 is 16.7 Å². The number of carbonyl (C=O) groups is 1. The van der Waals surface area contributed by atoms with Crippen molar-refractivity contribution in [2.75, 3.05) is 0 Å². The predicted octanol–water partition coefficient (Wildman–Crippen LogP) is 3.13. The predicted molar refractivity (Wildman–Crippen MR) is 60.3 cm³/mol. The summed E-state index contributed by atoms with van der Waals surface area (Å²) in [5, 5.41) is 0.614. The second-order valence-electron chi connectivity index (χ2n) is 4.37. The minimum atomic E-state index is -0.229. The molecule has 1 N–H and O–H groups in total. The molecule has 1 aromatic carbocycles. The summed E-state index contributed by atoms with van der Waals surface area (Å²) in [5.41, 5.74) is 3.25. The first-order valence-corrected chi connectivity index (χ1v) is 5.51. The lowest BCUT2D eigenvalue weighted by molar-refractivity contribution is 0.0968. The second-order valence-corrected chi connectivity index (χ2v) is 4.37. The van der Waals surface area contributed by atoms with Gasteiger partial charge < -0.3 is 4.98 Å². The van der Waals surface area contributed by atoms with Crippen LogP contribution in [0.4, 0.5) is 4.39 Å². The molecule has 0 saturated carbocycles. The molecule has 0 amide bonds. The zero-order valence-corrected chi connectivity index (χ0v) is 9.06. The molecule has 0 aliphatic heterocycles. The third-order valence-corrected chi connectivity index (χ3v) is 3.33. The number of hydrogen-bond donors (Lipinski definition) is 1. The Balaban J connectivity index is 2.45.